The minimum Gasteiger partial charge on any atom is -0.340 e. The number of rotatable bonds is 8. The molecule has 0 bridgehead atoms. The Balaban J connectivity index is 1.27. The molecule has 1 amide bonds. The second-order valence-corrected chi connectivity index (χ2v) is 13.8. The molecule has 0 atom stereocenters. The predicted molar refractivity (Wildman–Crippen MR) is 159 cm³/mol. The number of nitrogens with zero attached hydrogens (tertiary/aromatic N) is 2. The van der Waals surface area contributed by atoms with E-state index in [2.05, 4.69) is 49.8 Å². The zero-order valence-electron chi connectivity index (χ0n) is 22.7. The number of carbonyl (C=O) groups is 1. The first-order chi connectivity index (χ1) is 18.0. The molecule has 0 spiro atoms. The van der Waals surface area contributed by atoms with Crippen molar-refractivity contribution in [2.75, 3.05) is 32.7 Å². The summed E-state index contributed by atoms with van der Waals surface area (Å²) >= 11 is 5.35. The molecule has 1 N–H and O–H groups in total. The highest BCUT2D eigenvalue weighted by Crippen LogP contribution is 2.31. The fraction of sp³-hybridized carbons (Fsp3) is 0.414. The Labute approximate surface area is 239 Å². The number of hydrogen-bond acceptors (Lipinski definition) is 5. The van der Waals surface area contributed by atoms with Crippen LogP contribution in [0.15, 0.2) is 45.8 Å². The van der Waals surface area contributed by atoms with E-state index in [0.29, 0.717) is 18.0 Å². The maximum atomic E-state index is 13.1. The Morgan fingerprint density at radius 2 is 1.55 bits per heavy atom. The van der Waals surface area contributed by atoms with Gasteiger partial charge >= 0.3 is 0 Å². The van der Waals surface area contributed by atoms with Gasteiger partial charge in [-0.05, 0) is 92.3 Å². The van der Waals surface area contributed by atoms with E-state index < -0.39 is 10.0 Å². The van der Waals surface area contributed by atoms with Gasteiger partial charge in [0.1, 0.15) is 0 Å². The van der Waals surface area contributed by atoms with E-state index in [4.69, 9.17) is 0 Å². The highest BCUT2D eigenvalue weighted by molar-refractivity contribution is 9.10. The van der Waals surface area contributed by atoms with E-state index in [0.717, 1.165) is 51.9 Å². The van der Waals surface area contributed by atoms with Crippen LogP contribution >= 0.6 is 27.3 Å². The highest BCUT2D eigenvalue weighted by Gasteiger charge is 2.25. The number of benzene rings is 2. The van der Waals surface area contributed by atoms with Crippen molar-refractivity contribution in [3.8, 4) is 10.4 Å². The van der Waals surface area contributed by atoms with Gasteiger partial charge in [0.15, 0.2) is 0 Å². The Hall–Kier alpha value is -2.04. The van der Waals surface area contributed by atoms with Crippen LogP contribution in [0.3, 0.4) is 0 Å². The van der Waals surface area contributed by atoms with Gasteiger partial charge in [-0.1, -0.05) is 28.1 Å². The van der Waals surface area contributed by atoms with E-state index in [-0.39, 0.29) is 18.9 Å². The van der Waals surface area contributed by atoms with Crippen LogP contribution in [-0.4, -0.2) is 56.8 Å². The Morgan fingerprint density at radius 3 is 2.18 bits per heavy atom. The molecular formula is C29H36BrN3O3S2. The summed E-state index contributed by atoms with van der Waals surface area (Å²) in [6.45, 7) is 13.5. The molecule has 4 rings (SSSR count). The van der Waals surface area contributed by atoms with Crippen molar-refractivity contribution >= 4 is 43.2 Å². The first-order valence-corrected chi connectivity index (χ1v) is 16.0. The van der Waals surface area contributed by atoms with Crippen molar-refractivity contribution in [1.82, 2.24) is 14.5 Å². The molecule has 0 aliphatic carbocycles. The van der Waals surface area contributed by atoms with Gasteiger partial charge in [-0.25, -0.2) is 13.1 Å². The lowest BCUT2D eigenvalue weighted by Crippen LogP contribution is -2.48. The molecule has 0 unspecified atom stereocenters. The maximum absolute atomic E-state index is 13.1. The molecule has 1 aliphatic rings. The largest absolute Gasteiger partial charge is 0.340 e. The van der Waals surface area contributed by atoms with E-state index in [1.807, 2.05) is 51.7 Å². The van der Waals surface area contributed by atoms with Crippen LogP contribution in [0.4, 0.5) is 0 Å². The summed E-state index contributed by atoms with van der Waals surface area (Å²) in [5.74, 6) is -0.00914. The van der Waals surface area contributed by atoms with Crippen molar-refractivity contribution in [2.24, 2.45) is 0 Å². The number of hydrogen-bond donors (Lipinski definition) is 1. The third-order valence-corrected chi connectivity index (χ3v) is 11.1. The third-order valence-electron chi connectivity index (χ3n) is 7.71. The third kappa shape index (κ3) is 6.39. The van der Waals surface area contributed by atoms with Crippen LogP contribution in [0.2, 0.25) is 0 Å². The molecule has 0 radical (unpaired) electrons. The van der Waals surface area contributed by atoms with Gasteiger partial charge in [0.05, 0.1) is 4.90 Å². The average molecular weight is 619 g/mol. The summed E-state index contributed by atoms with van der Waals surface area (Å²) in [7, 11) is -3.70. The summed E-state index contributed by atoms with van der Waals surface area (Å²) in [6.07, 6.45) is 0.155. The maximum Gasteiger partial charge on any atom is 0.241 e. The highest BCUT2D eigenvalue weighted by atomic mass is 79.9. The van der Waals surface area contributed by atoms with Gasteiger partial charge in [-0.2, -0.15) is 0 Å². The van der Waals surface area contributed by atoms with Crippen LogP contribution in [-0.2, 0) is 21.4 Å². The van der Waals surface area contributed by atoms with Crippen molar-refractivity contribution in [3.05, 3.63) is 73.6 Å². The SMILES string of the molecule is Cc1c(C)c(C)c(S(=O)(=O)NCCC(=O)N2CCN(Cc3ccc(-c4cccc(Br)c4)s3)CC2)c(C)c1C. The Kier molecular flexibility index (Phi) is 9.15. The fourth-order valence-corrected chi connectivity index (χ4v) is 8.10. The van der Waals surface area contributed by atoms with Crippen LogP contribution in [0.1, 0.15) is 39.1 Å². The van der Waals surface area contributed by atoms with E-state index in [1.165, 1.54) is 15.3 Å². The zero-order chi connectivity index (χ0) is 27.6. The second-order valence-electron chi connectivity index (χ2n) is 10.0. The van der Waals surface area contributed by atoms with Gasteiger partial charge < -0.3 is 4.90 Å². The van der Waals surface area contributed by atoms with Gasteiger partial charge in [0, 0.05) is 59.9 Å². The molecule has 38 heavy (non-hydrogen) atoms. The lowest BCUT2D eigenvalue weighted by molar-refractivity contribution is -0.132. The normalized spacial score (nSPS) is 14.7. The molecule has 1 fully saturated rings. The molecule has 1 aliphatic heterocycles. The van der Waals surface area contributed by atoms with Gasteiger partial charge in [0.25, 0.3) is 0 Å². The number of sulfonamides is 1. The first-order valence-electron chi connectivity index (χ1n) is 12.9. The topological polar surface area (TPSA) is 69.7 Å². The molecule has 3 aromatic rings. The van der Waals surface area contributed by atoms with E-state index in [9.17, 15) is 13.2 Å². The molecule has 1 saturated heterocycles. The van der Waals surface area contributed by atoms with Gasteiger partial charge in [-0.15, -0.1) is 11.3 Å². The lowest BCUT2D eigenvalue weighted by Gasteiger charge is -2.34. The smallest absolute Gasteiger partial charge is 0.241 e. The molecule has 1 aromatic heterocycles. The van der Waals surface area contributed by atoms with Crippen LogP contribution in [0, 0.1) is 34.6 Å². The van der Waals surface area contributed by atoms with E-state index >= 15 is 0 Å². The lowest BCUT2D eigenvalue weighted by atomic mass is 9.95. The summed E-state index contributed by atoms with van der Waals surface area (Å²) in [4.78, 5) is 20.0. The summed E-state index contributed by atoms with van der Waals surface area (Å²) in [5, 5.41) is 0. The number of carbonyl (C=O) groups excluding carboxylic acids is 1. The number of piperazine rings is 1. The summed E-state index contributed by atoms with van der Waals surface area (Å²) in [6, 6.07) is 12.7. The zero-order valence-corrected chi connectivity index (χ0v) is 25.9. The quantitative estimate of drug-likeness (QED) is 0.350. The first kappa shape index (κ1) is 29.0. The Bertz CT molecular complexity index is 1410. The monoisotopic (exact) mass is 617 g/mol. The summed E-state index contributed by atoms with van der Waals surface area (Å²) in [5.41, 5.74) is 5.87. The fourth-order valence-electron chi connectivity index (χ4n) is 5.03. The Morgan fingerprint density at radius 1 is 0.921 bits per heavy atom. The number of amides is 1. The molecule has 9 heteroatoms. The van der Waals surface area contributed by atoms with Crippen LogP contribution in [0.5, 0.6) is 0 Å². The average Bonchev–Trinajstić information content (AvgIpc) is 3.35. The van der Waals surface area contributed by atoms with E-state index in [1.54, 1.807) is 11.3 Å². The number of halogens is 1. The second kappa shape index (κ2) is 12.0. The molecule has 6 nitrogen and oxygen atoms in total. The summed E-state index contributed by atoms with van der Waals surface area (Å²) < 4.78 is 30.0. The van der Waals surface area contributed by atoms with Crippen molar-refractivity contribution < 1.29 is 13.2 Å². The molecule has 204 valence electrons. The minimum atomic E-state index is -3.70. The van der Waals surface area contributed by atoms with Crippen LogP contribution in [0.25, 0.3) is 10.4 Å². The van der Waals surface area contributed by atoms with Crippen molar-refractivity contribution in [2.45, 2.75) is 52.5 Å². The standard InChI is InChI=1S/C29H36BrN3O3S2/c1-19-20(2)22(4)29(23(5)21(19)3)38(35,36)31-12-11-28(34)33-15-13-32(14-16-33)18-26-9-10-27(37-26)24-7-6-8-25(30)17-24/h6-10,17,31H,11-16,18H2,1-5H3. The van der Waals surface area contributed by atoms with Gasteiger partial charge in [-0.3, -0.25) is 9.69 Å². The molecule has 2 heterocycles. The molecule has 2 aromatic carbocycles. The van der Waals surface area contributed by atoms with Gasteiger partial charge in [0.2, 0.25) is 15.9 Å². The molecule has 0 saturated carbocycles. The number of thiophene rings is 1. The molecular weight excluding hydrogens is 582 g/mol. The minimum absolute atomic E-state index is 0.00914. The van der Waals surface area contributed by atoms with Crippen LogP contribution < -0.4 is 4.72 Å². The predicted octanol–water partition coefficient (Wildman–Crippen LogP) is 5.73. The number of nitrogens with one attached hydrogen (secondary N) is 1. The van der Waals surface area contributed by atoms with Crippen molar-refractivity contribution in [1.29, 1.82) is 0 Å². The van der Waals surface area contributed by atoms with Crippen molar-refractivity contribution in [3.63, 3.8) is 0 Å².